The number of benzene rings is 3. The molecule has 0 bridgehead atoms. The Labute approximate surface area is 284 Å². The van der Waals surface area contributed by atoms with Gasteiger partial charge in [0.2, 0.25) is 17.8 Å². The Hall–Kier alpha value is -4.54. The van der Waals surface area contributed by atoms with Crippen molar-refractivity contribution in [3.8, 4) is 0 Å². The van der Waals surface area contributed by atoms with Crippen LogP contribution in [0.25, 0.3) is 0 Å². The third-order valence-corrected chi connectivity index (χ3v) is 8.65. The molecule has 0 atom stereocenters. The third-order valence-electron chi connectivity index (χ3n) is 8.65. The van der Waals surface area contributed by atoms with E-state index in [1.165, 1.54) is 30.4 Å². The molecule has 10 nitrogen and oxygen atoms in total. The summed E-state index contributed by atoms with van der Waals surface area (Å²) in [5.74, 6) is 1.94. The number of nitrogens with one attached hydrogen (secondary N) is 3. The summed E-state index contributed by atoms with van der Waals surface area (Å²) < 4.78 is 11.4. The largest absolute Gasteiger partial charge is 0.377 e. The zero-order chi connectivity index (χ0) is 33.2. The predicted molar refractivity (Wildman–Crippen MR) is 192 cm³/mol. The molecule has 5 rings (SSSR count). The van der Waals surface area contributed by atoms with Crippen LogP contribution >= 0.6 is 0 Å². The van der Waals surface area contributed by atoms with Crippen LogP contribution < -0.4 is 20.9 Å². The number of nitrogens with zero attached hydrogens (tertiary/aromatic N) is 4. The molecule has 10 heteroatoms. The molecule has 1 saturated carbocycles. The van der Waals surface area contributed by atoms with E-state index >= 15 is 0 Å². The minimum Gasteiger partial charge on any atom is -0.377 e. The number of rotatable bonds is 19. The van der Waals surface area contributed by atoms with Crippen LogP contribution in [-0.2, 0) is 9.47 Å². The Morgan fingerprint density at radius 1 is 0.708 bits per heavy atom. The van der Waals surface area contributed by atoms with Crippen molar-refractivity contribution in [3.63, 3.8) is 0 Å². The number of carbonyl (C=O) groups is 1. The van der Waals surface area contributed by atoms with E-state index in [1.54, 1.807) is 12.1 Å². The van der Waals surface area contributed by atoms with Crippen LogP contribution in [0.2, 0.25) is 0 Å². The highest BCUT2D eigenvalue weighted by Gasteiger charge is 2.22. The molecule has 3 aromatic carbocycles. The number of hydrogen-bond donors (Lipinski definition) is 3. The smallest absolute Gasteiger partial charge is 0.251 e. The van der Waals surface area contributed by atoms with Gasteiger partial charge in [0.1, 0.15) is 0 Å². The van der Waals surface area contributed by atoms with E-state index in [0.29, 0.717) is 75.5 Å². The van der Waals surface area contributed by atoms with Crippen molar-refractivity contribution >= 4 is 23.8 Å². The molecule has 1 aliphatic rings. The molecule has 0 saturated heterocycles. The first-order chi connectivity index (χ1) is 23.7. The lowest BCUT2D eigenvalue weighted by Gasteiger charge is -2.31. The van der Waals surface area contributed by atoms with Crippen molar-refractivity contribution in [2.75, 3.05) is 68.6 Å². The maximum absolute atomic E-state index is 12.1. The first kappa shape index (κ1) is 34.8. The van der Waals surface area contributed by atoms with Gasteiger partial charge in [-0.25, -0.2) is 0 Å². The molecule has 1 aromatic heterocycles. The van der Waals surface area contributed by atoms with Gasteiger partial charge in [-0.15, -0.1) is 0 Å². The number of ether oxygens (including phenoxy) is 2. The molecule has 0 aliphatic heterocycles. The molecular formula is C38H49N7O3. The molecule has 4 aromatic rings. The van der Waals surface area contributed by atoms with Crippen LogP contribution in [0.15, 0.2) is 91.0 Å². The average molecular weight is 652 g/mol. The van der Waals surface area contributed by atoms with Crippen LogP contribution in [0.4, 0.5) is 17.8 Å². The van der Waals surface area contributed by atoms with E-state index in [9.17, 15) is 4.79 Å². The Morgan fingerprint density at radius 2 is 1.25 bits per heavy atom. The van der Waals surface area contributed by atoms with E-state index in [0.717, 1.165) is 19.3 Å². The normalized spacial score (nSPS) is 13.3. The highest BCUT2D eigenvalue weighted by Crippen LogP contribution is 2.28. The fourth-order valence-corrected chi connectivity index (χ4v) is 6.02. The first-order valence-electron chi connectivity index (χ1n) is 17.2. The predicted octanol–water partition coefficient (Wildman–Crippen LogP) is 6.15. The van der Waals surface area contributed by atoms with Crippen LogP contribution in [0, 0.1) is 0 Å². The molecule has 1 heterocycles. The van der Waals surface area contributed by atoms with Crippen LogP contribution in [-0.4, -0.2) is 80.0 Å². The summed E-state index contributed by atoms with van der Waals surface area (Å²) in [5.41, 5.74) is 3.23. The summed E-state index contributed by atoms with van der Waals surface area (Å²) in [7, 11) is 2.09. The van der Waals surface area contributed by atoms with Crippen LogP contribution in [0.5, 0.6) is 0 Å². The number of amides is 1. The fourth-order valence-electron chi connectivity index (χ4n) is 6.02. The number of aromatic nitrogens is 3. The molecule has 48 heavy (non-hydrogen) atoms. The summed E-state index contributed by atoms with van der Waals surface area (Å²) >= 11 is 0. The summed E-state index contributed by atoms with van der Waals surface area (Å²) in [6.07, 6.45) is 6.96. The minimum absolute atomic E-state index is 0.102. The van der Waals surface area contributed by atoms with E-state index in [1.807, 2.05) is 18.2 Å². The quantitative estimate of drug-likeness (QED) is 0.103. The van der Waals surface area contributed by atoms with Crippen LogP contribution in [0.1, 0.15) is 65.9 Å². The minimum atomic E-state index is -0.102. The molecule has 0 spiro atoms. The highest BCUT2D eigenvalue weighted by atomic mass is 16.5. The van der Waals surface area contributed by atoms with Crippen molar-refractivity contribution in [2.24, 2.45) is 0 Å². The van der Waals surface area contributed by atoms with Gasteiger partial charge < -0.3 is 30.3 Å². The zero-order valence-corrected chi connectivity index (χ0v) is 28.0. The molecule has 0 radical (unpaired) electrons. The molecule has 1 fully saturated rings. The Balaban J connectivity index is 1.10. The van der Waals surface area contributed by atoms with E-state index in [-0.39, 0.29) is 11.8 Å². The lowest BCUT2D eigenvalue weighted by Crippen LogP contribution is -2.35. The summed E-state index contributed by atoms with van der Waals surface area (Å²) in [4.78, 5) is 28.7. The maximum Gasteiger partial charge on any atom is 0.251 e. The summed E-state index contributed by atoms with van der Waals surface area (Å²) in [6.45, 7) is 3.52. The molecule has 3 N–H and O–H groups in total. The molecule has 1 amide bonds. The van der Waals surface area contributed by atoms with Crippen molar-refractivity contribution in [1.82, 2.24) is 20.3 Å². The fraction of sp³-hybridized carbons (Fsp3) is 0.421. The van der Waals surface area contributed by atoms with Gasteiger partial charge in [-0.1, -0.05) is 98.1 Å². The molecule has 254 valence electrons. The number of anilines is 3. The van der Waals surface area contributed by atoms with Crippen molar-refractivity contribution in [2.45, 2.75) is 50.5 Å². The van der Waals surface area contributed by atoms with Gasteiger partial charge in [-0.3, -0.25) is 4.79 Å². The van der Waals surface area contributed by atoms with E-state index < -0.39 is 0 Å². The first-order valence-corrected chi connectivity index (χ1v) is 17.2. The maximum atomic E-state index is 12.1. The second-order valence-corrected chi connectivity index (χ2v) is 12.0. The van der Waals surface area contributed by atoms with Crippen LogP contribution in [0.3, 0.4) is 0 Å². The van der Waals surface area contributed by atoms with E-state index in [4.69, 9.17) is 24.4 Å². The van der Waals surface area contributed by atoms with Gasteiger partial charge in [0.25, 0.3) is 5.91 Å². The van der Waals surface area contributed by atoms with Gasteiger partial charge in [0, 0.05) is 44.2 Å². The van der Waals surface area contributed by atoms with Gasteiger partial charge in [-0.05, 0) is 42.5 Å². The SMILES string of the molecule is CN(c1nc(NCCOCCOCCNC(=O)c2ccccc2)nc(NCCC(c2ccccc2)c2ccccc2)n1)C1CCCCC1. The Bertz CT molecular complexity index is 1450. The molecular weight excluding hydrogens is 602 g/mol. The number of hydrogen-bond acceptors (Lipinski definition) is 9. The summed E-state index contributed by atoms with van der Waals surface area (Å²) in [5, 5.41) is 9.69. The van der Waals surface area contributed by atoms with Crippen molar-refractivity contribution in [3.05, 3.63) is 108 Å². The Kier molecular flexibility index (Phi) is 14.0. The van der Waals surface area contributed by atoms with Crippen molar-refractivity contribution in [1.29, 1.82) is 0 Å². The Morgan fingerprint density at radius 3 is 1.85 bits per heavy atom. The van der Waals surface area contributed by atoms with Crippen molar-refractivity contribution < 1.29 is 14.3 Å². The standard InChI is InChI=1S/C38H49N7O3/c1-45(33-20-12-5-13-21-33)38-43-36(40-23-22-34(30-14-6-2-7-15-30)31-16-8-3-9-17-31)42-37(44-38)41-25-27-48-29-28-47-26-24-39-35(46)32-18-10-4-11-19-32/h2-4,6-11,14-19,33-34H,5,12-13,20-29H2,1H3,(H,39,46)(H2,40,41,42,43,44). The second-order valence-electron chi connectivity index (χ2n) is 12.0. The average Bonchev–Trinajstić information content (AvgIpc) is 3.15. The van der Waals surface area contributed by atoms with Gasteiger partial charge in [0.15, 0.2) is 0 Å². The lowest BCUT2D eigenvalue weighted by molar-refractivity contribution is 0.0519. The second kappa shape index (κ2) is 19.3. The highest BCUT2D eigenvalue weighted by molar-refractivity contribution is 5.94. The molecule has 0 unspecified atom stereocenters. The zero-order valence-electron chi connectivity index (χ0n) is 28.0. The van der Waals surface area contributed by atoms with Gasteiger partial charge in [-0.2, -0.15) is 15.0 Å². The number of carbonyl (C=O) groups excluding carboxylic acids is 1. The van der Waals surface area contributed by atoms with Gasteiger partial charge in [0.05, 0.1) is 26.4 Å². The third kappa shape index (κ3) is 11.0. The summed E-state index contributed by atoms with van der Waals surface area (Å²) in [6, 6.07) is 30.9. The van der Waals surface area contributed by atoms with Gasteiger partial charge >= 0.3 is 0 Å². The van der Waals surface area contributed by atoms with E-state index in [2.05, 4.69) is 88.6 Å². The monoisotopic (exact) mass is 651 g/mol. The topological polar surface area (TPSA) is 114 Å². The lowest BCUT2D eigenvalue weighted by atomic mass is 9.88. The molecule has 1 aliphatic carbocycles.